The Kier molecular flexibility index (Phi) is 8.46. The summed E-state index contributed by atoms with van der Waals surface area (Å²) in [6.45, 7) is 6.17. The molecule has 2 N–H and O–H groups in total. The van der Waals surface area contributed by atoms with Gasteiger partial charge >= 0.3 is 5.97 Å². The number of anilines is 3. The number of benzene rings is 3. The highest BCUT2D eigenvalue weighted by atomic mass is 35.5. The number of aryl methyl sites for hydroxylation is 2. The number of amides is 3. The second-order valence-electron chi connectivity index (χ2n) is 9.13. The molecule has 0 unspecified atom stereocenters. The number of rotatable bonds is 9. The van der Waals surface area contributed by atoms with Crippen molar-refractivity contribution in [2.75, 3.05) is 22.1 Å². The molecule has 0 atom stereocenters. The molecule has 3 amide bonds. The molecule has 0 aliphatic carbocycles. The Morgan fingerprint density at radius 1 is 0.872 bits per heavy atom. The molecule has 3 aromatic carbocycles. The summed E-state index contributed by atoms with van der Waals surface area (Å²) in [6, 6.07) is 18.2. The number of ether oxygens (including phenoxy) is 1. The van der Waals surface area contributed by atoms with Crippen LogP contribution in [0.2, 0.25) is 0 Å². The number of hydrogen-bond donors (Lipinski definition) is 2. The fraction of sp³-hybridized carbons (Fsp3) is 0.200. The van der Waals surface area contributed by atoms with Crippen molar-refractivity contribution in [3.8, 4) is 0 Å². The zero-order valence-corrected chi connectivity index (χ0v) is 22.6. The molecule has 39 heavy (non-hydrogen) atoms. The molecule has 3 aromatic rings. The van der Waals surface area contributed by atoms with Gasteiger partial charge in [0.1, 0.15) is 10.7 Å². The van der Waals surface area contributed by atoms with Crippen molar-refractivity contribution >= 4 is 52.4 Å². The van der Waals surface area contributed by atoms with Gasteiger partial charge in [0.25, 0.3) is 17.7 Å². The van der Waals surface area contributed by atoms with Crippen molar-refractivity contribution in [3.63, 3.8) is 0 Å². The van der Waals surface area contributed by atoms with E-state index in [-0.39, 0.29) is 16.3 Å². The molecule has 0 spiro atoms. The SMILES string of the molecule is CCCCOC(=O)c1cccc(NC(=O)c2cccc(NC3=C(Cl)C(=O)N(c4ccc(C)c(C)c4)C3=O)c2)c1. The van der Waals surface area contributed by atoms with Gasteiger partial charge in [-0.25, -0.2) is 9.69 Å². The number of hydrogen-bond acceptors (Lipinski definition) is 6. The minimum Gasteiger partial charge on any atom is -0.462 e. The Hall–Kier alpha value is -4.43. The fourth-order valence-corrected chi connectivity index (χ4v) is 4.13. The summed E-state index contributed by atoms with van der Waals surface area (Å²) in [5.74, 6) is -2.11. The highest BCUT2D eigenvalue weighted by Crippen LogP contribution is 2.31. The van der Waals surface area contributed by atoms with Crippen LogP contribution in [-0.2, 0) is 14.3 Å². The van der Waals surface area contributed by atoms with E-state index in [9.17, 15) is 19.2 Å². The Morgan fingerprint density at radius 3 is 2.28 bits per heavy atom. The van der Waals surface area contributed by atoms with E-state index in [1.54, 1.807) is 54.6 Å². The monoisotopic (exact) mass is 545 g/mol. The summed E-state index contributed by atoms with van der Waals surface area (Å²) < 4.78 is 5.23. The van der Waals surface area contributed by atoms with Gasteiger partial charge in [-0.3, -0.25) is 14.4 Å². The van der Waals surface area contributed by atoms with Crippen molar-refractivity contribution < 1.29 is 23.9 Å². The largest absolute Gasteiger partial charge is 0.462 e. The summed E-state index contributed by atoms with van der Waals surface area (Å²) in [5.41, 5.74) is 3.75. The van der Waals surface area contributed by atoms with E-state index in [1.165, 1.54) is 6.07 Å². The molecule has 0 radical (unpaired) electrons. The van der Waals surface area contributed by atoms with Gasteiger partial charge in [0.15, 0.2) is 0 Å². The lowest BCUT2D eigenvalue weighted by Gasteiger charge is -2.16. The maximum absolute atomic E-state index is 13.1. The highest BCUT2D eigenvalue weighted by Gasteiger charge is 2.39. The third-order valence-corrected chi connectivity index (χ3v) is 6.61. The van der Waals surface area contributed by atoms with Crippen LogP contribution in [0.15, 0.2) is 77.5 Å². The second kappa shape index (κ2) is 12.0. The van der Waals surface area contributed by atoms with Gasteiger partial charge in [0.2, 0.25) is 0 Å². The number of imide groups is 1. The molecule has 0 bridgehead atoms. The third-order valence-electron chi connectivity index (χ3n) is 6.26. The first kappa shape index (κ1) is 27.6. The number of carbonyl (C=O) groups excluding carboxylic acids is 4. The van der Waals surface area contributed by atoms with Gasteiger partial charge in [-0.15, -0.1) is 0 Å². The molecule has 1 aliphatic rings. The zero-order valence-electron chi connectivity index (χ0n) is 21.8. The molecule has 0 aromatic heterocycles. The van der Waals surface area contributed by atoms with Gasteiger partial charge in [0, 0.05) is 16.9 Å². The predicted octanol–water partition coefficient (Wildman–Crippen LogP) is 5.95. The molecule has 1 heterocycles. The topological polar surface area (TPSA) is 105 Å². The molecular weight excluding hydrogens is 518 g/mol. The van der Waals surface area contributed by atoms with Crippen LogP contribution < -0.4 is 15.5 Å². The Labute approximate surface area is 231 Å². The number of esters is 1. The molecule has 9 heteroatoms. The van der Waals surface area contributed by atoms with Crippen molar-refractivity contribution in [1.82, 2.24) is 0 Å². The highest BCUT2D eigenvalue weighted by molar-refractivity contribution is 6.53. The van der Waals surface area contributed by atoms with Gasteiger partial charge < -0.3 is 15.4 Å². The van der Waals surface area contributed by atoms with Crippen LogP contribution in [-0.4, -0.2) is 30.3 Å². The van der Waals surface area contributed by atoms with E-state index in [1.807, 2.05) is 26.8 Å². The first-order chi connectivity index (χ1) is 18.7. The van der Waals surface area contributed by atoms with E-state index in [2.05, 4.69) is 10.6 Å². The van der Waals surface area contributed by atoms with Crippen LogP contribution in [0.5, 0.6) is 0 Å². The fourth-order valence-electron chi connectivity index (χ4n) is 3.91. The molecular formula is C30H28ClN3O5. The lowest BCUT2D eigenvalue weighted by atomic mass is 10.1. The van der Waals surface area contributed by atoms with Crippen molar-refractivity contribution in [1.29, 1.82) is 0 Å². The first-order valence-corrected chi connectivity index (χ1v) is 12.9. The first-order valence-electron chi connectivity index (χ1n) is 12.5. The average molecular weight is 546 g/mol. The minimum absolute atomic E-state index is 0.0771. The molecule has 1 aliphatic heterocycles. The summed E-state index contributed by atoms with van der Waals surface area (Å²) in [5, 5.41) is 5.42. The van der Waals surface area contributed by atoms with Crippen LogP contribution in [0.3, 0.4) is 0 Å². The van der Waals surface area contributed by atoms with Crippen LogP contribution >= 0.6 is 11.6 Å². The van der Waals surface area contributed by atoms with E-state index in [0.717, 1.165) is 28.9 Å². The number of nitrogens with zero attached hydrogens (tertiary/aromatic N) is 1. The standard InChI is InChI=1S/C30H28ClN3O5/c1-4-5-14-39-30(38)21-9-7-11-23(17-21)33-27(35)20-8-6-10-22(16-20)32-26-25(31)28(36)34(29(26)37)24-13-12-18(2)19(3)15-24/h6-13,15-17,32H,4-5,14H2,1-3H3,(H,33,35). The molecule has 0 saturated heterocycles. The average Bonchev–Trinajstić information content (AvgIpc) is 3.13. The van der Waals surface area contributed by atoms with E-state index >= 15 is 0 Å². The van der Waals surface area contributed by atoms with Gasteiger partial charge in [-0.2, -0.15) is 0 Å². The molecule has 4 rings (SSSR count). The molecule has 200 valence electrons. The van der Waals surface area contributed by atoms with Crippen molar-refractivity contribution in [2.24, 2.45) is 0 Å². The third kappa shape index (κ3) is 6.18. The predicted molar refractivity (Wildman–Crippen MR) is 151 cm³/mol. The van der Waals surface area contributed by atoms with Crippen molar-refractivity contribution in [3.05, 3.63) is 99.7 Å². The van der Waals surface area contributed by atoms with E-state index in [0.29, 0.717) is 29.2 Å². The lowest BCUT2D eigenvalue weighted by molar-refractivity contribution is -0.120. The van der Waals surface area contributed by atoms with Gasteiger partial charge in [-0.05, 0) is 79.9 Å². The smallest absolute Gasteiger partial charge is 0.338 e. The Balaban J connectivity index is 1.47. The molecule has 0 saturated carbocycles. The normalized spacial score (nSPS) is 13.1. The number of nitrogens with one attached hydrogen (secondary N) is 2. The molecule has 0 fully saturated rings. The van der Waals surface area contributed by atoms with Gasteiger partial charge in [0.05, 0.1) is 17.9 Å². The van der Waals surface area contributed by atoms with Crippen LogP contribution in [0.4, 0.5) is 17.1 Å². The maximum atomic E-state index is 13.1. The number of halogens is 1. The second-order valence-corrected chi connectivity index (χ2v) is 9.51. The van der Waals surface area contributed by atoms with Crippen LogP contribution in [0, 0.1) is 13.8 Å². The van der Waals surface area contributed by atoms with Crippen molar-refractivity contribution in [2.45, 2.75) is 33.6 Å². The number of carbonyl (C=O) groups is 4. The zero-order chi connectivity index (χ0) is 28.1. The van der Waals surface area contributed by atoms with Crippen LogP contribution in [0.25, 0.3) is 0 Å². The Morgan fingerprint density at radius 2 is 1.56 bits per heavy atom. The summed E-state index contributed by atoms with van der Waals surface area (Å²) in [7, 11) is 0. The van der Waals surface area contributed by atoms with E-state index < -0.39 is 23.7 Å². The van der Waals surface area contributed by atoms with Gasteiger partial charge in [-0.1, -0.05) is 43.1 Å². The number of unbranched alkanes of at least 4 members (excludes halogenated alkanes) is 1. The van der Waals surface area contributed by atoms with Crippen LogP contribution in [0.1, 0.15) is 51.6 Å². The minimum atomic E-state index is -0.630. The Bertz CT molecular complexity index is 1500. The lowest BCUT2D eigenvalue weighted by Crippen LogP contribution is -2.32. The quantitative estimate of drug-likeness (QED) is 0.196. The summed E-state index contributed by atoms with van der Waals surface area (Å²) in [6.07, 6.45) is 1.69. The summed E-state index contributed by atoms with van der Waals surface area (Å²) >= 11 is 6.27. The van der Waals surface area contributed by atoms with E-state index in [4.69, 9.17) is 16.3 Å². The summed E-state index contributed by atoms with van der Waals surface area (Å²) in [4.78, 5) is 52.2. The molecule has 8 nitrogen and oxygen atoms in total. The maximum Gasteiger partial charge on any atom is 0.338 e.